The monoisotopic (exact) mass is 201 g/mol. The van der Waals surface area contributed by atoms with Gasteiger partial charge in [-0.25, -0.2) is 0 Å². The van der Waals surface area contributed by atoms with Gasteiger partial charge in [0.15, 0.2) is 0 Å². The number of nitrogens with zero attached hydrogens (tertiary/aromatic N) is 1. The van der Waals surface area contributed by atoms with E-state index in [0.29, 0.717) is 0 Å². The second-order valence-corrected chi connectivity index (χ2v) is 3.20. The summed E-state index contributed by atoms with van der Waals surface area (Å²) in [7, 11) is 2.55. The number of hydrogen-bond donors (Lipinski definition) is 0. The zero-order valence-electron chi connectivity index (χ0n) is 8.86. The second kappa shape index (κ2) is 5.36. The molecule has 5 nitrogen and oxygen atoms in total. The van der Waals surface area contributed by atoms with Crippen molar-refractivity contribution in [2.24, 2.45) is 5.92 Å². The SMILES string of the molecule is COC(=O)CC(=O)N(C)C(=O)C(C)C. The lowest BCUT2D eigenvalue weighted by Crippen LogP contribution is -2.37. The fourth-order valence-corrected chi connectivity index (χ4v) is 0.824. The molecule has 5 heteroatoms. The van der Waals surface area contributed by atoms with Crippen LogP contribution in [-0.4, -0.2) is 36.8 Å². The Kier molecular flexibility index (Phi) is 4.83. The predicted octanol–water partition coefficient (Wildman–Crippen LogP) is 0.190. The maximum Gasteiger partial charge on any atom is 0.315 e. The summed E-state index contributed by atoms with van der Waals surface area (Å²) in [5.41, 5.74) is 0. The number of hydrogen-bond acceptors (Lipinski definition) is 4. The lowest BCUT2D eigenvalue weighted by atomic mass is 10.2. The molecule has 0 unspecified atom stereocenters. The standard InChI is InChI=1S/C9H15NO4/c1-6(2)9(13)10(3)7(11)5-8(12)14-4/h6H,5H2,1-4H3. The average molecular weight is 201 g/mol. The number of ether oxygens (including phenoxy) is 1. The third-order valence-corrected chi connectivity index (χ3v) is 1.72. The van der Waals surface area contributed by atoms with Crippen LogP contribution in [0.25, 0.3) is 0 Å². The van der Waals surface area contributed by atoms with Crippen LogP contribution >= 0.6 is 0 Å². The van der Waals surface area contributed by atoms with Crippen LogP contribution in [0.15, 0.2) is 0 Å². The fraction of sp³-hybridized carbons (Fsp3) is 0.667. The van der Waals surface area contributed by atoms with Crippen molar-refractivity contribution in [1.29, 1.82) is 0 Å². The van der Waals surface area contributed by atoms with Gasteiger partial charge >= 0.3 is 5.97 Å². The Morgan fingerprint density at radius 3 is 2.14 bits per heavy atom. The fourth-order valence-electron chi connectivity index (χ4n) is 0.824. The molecule has 0 aliphatic rings. The molecule has 0 atom stereocenters. The molecule has 0 aromatic heterocycles. The summed E-state index contributed by atoms with van der Waals surface area (Å²) in [5.74, 6) is -1.76. The van der Waals surface area contributed by atoms with Crippen molar-refractivity contribution >= 4 is 17.8 Å². The number of rotatable bonds is 3. The number of carbonyl (C=O) groups is 3. The van der Waals surface area contributed by atoms with E-state index in [1.807, 2.05) is 0 Å². The van der Waals surface area contributed by atoms with Gasteiger partial charge < -0.3 is 4.74 Å². The van der Waals surface area contributed by atoms with Crippen molar-refractivity contribution in [1.82, 2.24) is 4.90 Å². The van der Waals surface area contributed by atoms with Crippen LogP contribution in [0.3, 0.4) is 0 Å². The lowest BCUT2D eigenvalue weighted by Gasteiger charge is -2.16. The van der Waals surface area contributed by atoms with Gasteiger partial charge in [0.1, 0.15) is 6.42 Å². The highest BCUT2D eigenvalue weighted by molar-refractivity contribution is 6.02. The van der Waals surface area contributed by atoms with Gasteiger partial charge in [-0.3, -0.25) is 19.3 Å². The van der Waals surface area contributed by atoms with Crippen molar-refractivity contribution in [3.63, 3.8) is 0 Å². The molecule has 0 spiro atoms. The molecule has 2 amide bonds. The van der Waals surface area contributed by atoms with Crippen LogP contribution in [0.1, 0.15) is 20.3 Å². The topological polar surface area (TPSA) is 63.7 Å². The van der Waals surface area contributed by atoms with E-state index in [4.69, 9.17) is 0 Å². The van der Waals surface area contributed by atoms with Crippen molar-refractivity contribution in [2.45, 2.75) is 20.3 Å². The van der Waals surface area contributed by atoms with E-state index >= 15 is 0 Å². The third-order valence-electron chi connectivity index (χ3n) is 1.72. The largest absolute Gasteiger partial charge is 0.469 e. The van der Waals surface area contributed by atoms with Crippen LogP contribution in [0, 0.1) is 5.92 Å². The Bertz CT molecular complexity index is 247. The molecular formula is C9H15NO4. The van der Waals surface area contributed by atoms with Crippen LogP contribution in [0.2, 0.25) is 0 Å². The molecule has 0 N–H and O–H groups in total. The first-order valence-corrected chi connectivity index (χ1v) is 4.27. The van der Waals surface area contributed by atoms with Gasteiger partial charge in [0.05, 0.1) is 7.11 Å². The van der Waals surface area contributed by atoms with Crippen molar-refractivity contribution < 1.29 is 19.1 Å². The van der Waals surface area contributed by atoms with Gasteiger partial charge in [0.25, 0.3) is 0 Å². The summed E-state index contributed by atoms with van der Waals surface area (Å²) < 4.78 is 4.31. The van der Waals surface area contributed by atoms with Crippen LogP contribution < -0.4 is 0 Å². The van der Waals surface area contributed by atoms with E-state index in [-0.39, 0.29) is 11.8 Å². The Morgan fingerprint density at radius 2 is 1.79 bits per heavy atom. The summed E-state index contributed by atoms with van der Waals surface area (Å²) >= 11 is 0. The molecule has 0 radical (unpaired) electrons. The van der Waals surface area contributed by atoms with E-state index in [1.54, 1.807) is 13.8 Å². The summed E-state index contributed by atoms with van der Waals surface area (Å²) in [4.78, 5) is 34.3. The quantitative estimate of drug-likeness (QED) is 0.483. The van der Waals surface area contributed by atoms with E-state index in [2.05, 4.69) is 4.74 Å². The molecule has 0 saturated heterocycles. The highest BCUT2D eigenvalue weighted by Gasteiger charge is 2.21. The summed E-state index contributed by atoms with van der Waals surface area (Å²) in [6.45, 7) is 3.37. The number of amides is 2. The first kappa shape index (κ1) is 12.6. The molecule has 0 aliphatic carbocycles. The first-order chi connectivity index (χ1) is 6.40. The zero-order valence-corrected chi connectivity index (χ0v) is 8.86. The van der Waals surface area contributed by atoms with Crippen LogP contribution in [-0.2, 0) is 19.1 Å². The average Bonchev–Trinajstić information content (AvgIpc) is 2.14. The van der Waals surface area contributed by atoms with E-state index in [1.165, 1.54) is 14.2 Å². The minimum absolute atomic E-state index is 0.262. The molecule has 0 aromatic carbocycles. The molecule has 0 aromatic rings. The Morgan fingerprint density at radius 1 is 1.29 bits per heavy atom. The predicted molar refractivity (Wildman–Crippen MR) is 49.2 cm³/mol. The molecule has 0 rings (SSSR count). The molecule has 80 valence electrons. The number of esters is 1. The van der Waals surface area contributed by atoms with Gasteiger partial charge in [-0.2, -0.15) is 0 Å². The Balaban J connectivity index is 4.26. The summed E-state index contributed by atoms with van der Waals surface area (Å²) in [5, 5.41) is 0. The Labute approximate surface area is 83.0 Å². The van der Waals surface area contributed by atoms with E-state index in [9.17, 15) is 14.4 Å². The third kappa shape index (κ3) is 3.55. The van der Waals surface area contributed by atoms with Crippen LogP contribution in [0.4, 0.5) is 0 Å². The maximum absolute atomic E-state index is 11.3. The number of imide groups is 1. The van der Waals surface area contributed by atoms with Gasteiger partial charge in [-0.1, -0.05) is 13.8 Å². The molecule has 0 saturated carbocycles. The normalized spacial score (nSPS) is 9.79. The van der Waals surface area contributed by atoms with Crippen molar-refractivity contribution in [2.75, 3.05) is 14.2 Å². The molecule has 0 aliphatic heterocycles. The van der Waals surface area contributed by atoms with Gasteiger partial charge in [-0.15, -0.1) is 0 Å². The second-order valence-electron chi connectivity index (χ2n) is 3.20. The molecule has 14 heavy (non-hydrogen) atoms. The number of carbonyl (C=O) groups excluding carboxylic acids is 3. The molecular weight excluding hydrogens is 186 g/mol. The highest BCUT2D eigenvalue weighted by Crippen LogP contribution is 2.01. The lowest BCUT2D eigenvalue weighted by molar-refractivity contribution is -0.150. The summed E-state index contributed by atoms with van der Waals surface area (Å²) in [6.07, 6.45) is -0.397. The van der Waals surface area contributed by atoms with Crippen LogP contribution in [0.5, 0.6) is 0 Å². The number of methoxy groups -OCH3 is 1. The first-order valence-electron chi connectivity index (χ1n) is 4.27. The van der Waals surface area contributed by atoms with Gasteiger partial charge in [-0.05, 0) is 0 Å². The van der Waals surface area contributed by atoms with Gasteiger partial charge in [0.2, 0.25) is 11.8 Å². The highest BCUT2D eigenvalue weighted by atomic mass is 16.5. The van der Waals surface area contributed by atoms with E-state index < -0.39 is 18.3 Å². The minimum Gasteiger partial charge on any atom is -0.469 e. The Hall–Kier alpha value is -1.39. The molecule has 0 heterocycles. The minimum atomic E-state index is -0.640. The molecule has 0 bridgehead atoms. The van der Waals surface area contributed by atoms with Gasteiger partial charge in [0, 0.05) is 13.0 Å². The smallest absolute Gasteiger partial charge is 0.315 e. The maximum atomic E-state index is 11.3. The van der Waals surface area contributed by atoms with Crippen molar-refractivity contribution in [3.05, 3.63) is 0 Å². The zero-order chi connectivity index (χ0) is 11.3. The molecule has 0 fully saturated rings. The van der Waals surface area contributed by atoms with Crippen molar-refractivity contribution in [3.8, 4) is 0 Å². The summed E-state index contributed by atoms with van der Waals surface area (Å²) in [6, 6.07) is 0. The van der Waals surface area contributed by atoms with E-state index in [0.717, 1.165) is 4.90 Å².